The largest absolute Gasteiger partial charge is 0.416 e. The Hall–Kier alpha value is -1.29. The fourth-order valence-corrected chi connectivity index (χ4v) is 0.972. The molecule has 0 aliphatic rings. The molecule has 0 aromatic heterocycles. The molecule has 0 amide bonds. The van der Waals surface area contributed by atoms with Gasteiger partial charge in [-0.2, -0.15) is 13.2 Å². The average Bonchev–Trinajstić information content (AvgIpc) is 2.14. The van der Waals surface area contributed by atoms with Crippen molar-refractivity contribution in [2.45, 2.75) is 6.18 Å². The summed E-state index contributed by atoms with van der Waals surface area (Å²) in [6, 6.07) is 4.73. The van der Waals surface area contributed by atoms with Gasteiger partial charge in [-0.05, 0) is 17.7 Å². The average molecular weight is 202 g/mol. The van der Waals surface area contributed by atoms with Gasteiger partial charge in [-0.15, -0.1) is 0 Å². The van der Waals surface area contributed by atoms with E-state index >= 15 is 0 Å². The summed E-state index contributed by atoms with van der Waals surface area (Å²) in [6.45, 7) is -0.124. The molecule has 0 heterocycles. The van der Waals surface area contributed by atoms with Gasteiger partial charge in [0, 0.05) is 0 Å². The topological polar surface area (TPSA) is 20.2 Å². The zero-order valence-corrected chi connectivity index (χ0v) is 7.25. The Kier molecular flexibility index (Phi) is 3.30. The molecule has 0 saturated heterocycles. The standard InChI is InChI=1S/C10H9F3O/c11-10(12,13)9-5-3-8(4-6-9)2-1-7-14/h1-6,14H,7H2/b2-1-. The van der Waals surface area contributed by atoms with Crippen LogP contribution in [-0.2, 0) is 6.18 Å². The van der Waals surface area contributed by atoms with Crippen LogP contribution in [0.15, 0.2) is 30.3 Å². The van der Waals surface area contributed by atoms with Crippen LogP contribution >= 0.6 is 0 Å². The van der Waals surface area contributed by atoms with Crippen LogP contribution in [0.1, 0.15) is 11.1 Å². The van der Waals surface area contributed by atoms with Gasteiger partial charge in [0.05, 0.1) is 12.2 Å². The van der Waals surface area contributed by atoms with Gasteiger partial charge in [0.2, 0.25) is 0 Å². The Morgan fingerprint density at radius 2 is 1.71 bits per heavy atom. The first-order chi connectivity index (χ1) is 6.54. The van der Waals surface area contributed by atoms with Gasteiger partial charge in [0.1, 0.15) is 0 Å². The first-order valence-electron chi connectivity index (χ1n) is 3.98. The quantitative estimate of drug-likeness (QED) is 0.781. The van der Waals surface area contributed by atoms with Gasteiger partial charge >= 0.3 is 6.18 Å². The molecule has 0 saturated carbocycles. The van der Waals surface area contributed by atoms with Gasteiger partial charge in [0.25, 0.3) is 0 Å². The summed E-state index contributed by atoms with van der Waals surface area (Å²) in [5.74, 6) is 0. The van der Waals surface area contributed by atoms with Gasteiger partial charge in [-0.25, -0.2) is 0 Å². The summed E-state index contributed by atoms with van der Waals surface area (Å²) in [6.07, 6.45) is -1.28. The van der Waals surface area contributed by atoms with E-state index in [9.17, 15) is 13.2 Å². The molecule has 0 spiro atoms. The van der Waals surface area contributed by atoms with E-state index in [0.29, 0.717) is 5.56 Å². The highest BCUT2D eigenvalue weighted by Gasteiger charge is 2.29. The Balaban J connectivity index is 2.84. The number of alkyl halides is 3. The summed E-state index contributed by atoms with van der Waals surface area (Å²) < 4.78 is 36.3. The number of halogens is 3. The molecule has 1 N–H and O–H groups in total. The van der Waals surface area contributed by atoms with E-state index in [1.807, 2.05) is 0 Å². The molecular weight excluding hydrogens is 193 g/mol. The van der Waals surface area contributed by atoms with Crippen LogP contribution < -0.4 is 0 Å². The summed E-state index contributed by atoms with van der Waals surface area (Å²) in [7, 11) is 0. The first kappa shape index (κ1) is 10.8. The summed E-state index contributed by atoms with van der Waals surface area (Å²) >= 11 is 0. The lowest BCUT2D eigenvalue weighted by Crippen LogP contribution is -2.03. The fraction of sp³-hybridized carbons (Fsp3) is 0.200. The van der Waals surface area contributed by atoms with Crippen molar-refractivity contribution < 1.29 is 18.3 Å². The van der Waals surface area contributed by atoms with E-state index in [4.69, 9.17) is 5.11 Å². The van der Waals surface area contributed by atoms with Gasteiger partial charge in [-0.1, -0.05) is 24.3 Å². The lowest BCUT2D eigenvalue weighted by atomic mass is 10.1. The smallest absolute Gasteiger partial charge is 0.392 e. The van der Waals surface area contributed by atoms with Crippen molar-refractivity contribution in [2.75, 3.05) is 6.61 Å². The van der Waals surface area contributed by atoms with Crippen molar-refractivity contribution in [2.24, 2.45) is 0 Å². The molecule has 0 unspecified atom stereocenters. The molecule has 1 nitrogen and oxygen atoms in total. The number of rotatable bonds is 2. The van der Waals surface area contributed by atoms with Crippen LogP contribution in [0.25, 0.3) is 6.08 Å². The van der Waals surface area contributed by atoms with E-state index in [0.717, 1.165) is 12.1 Å². The molecular formula is C10H9F3O. The summed E-state index contributed by atoms with van der Waals surface area (Å²) in [4.78, 5) is 0. The van der Waals surface area contributed by atoms with Crippen molar-refractivity contribution in [3.05, 3.63) is 41.5 Å². The minimum absolute atomic E-state index is 0.124. The van der Waals surface area contributed by atoms with E-state index in [-0.39, 0.29) is 6.61 Å². The third-order valence-corrected chi connectivity index (χ3v) is 1.65. The maximum absolute atomic E-state index is 12.1. The predicted molar refractivity (Wildman–Crippen MR) is 47.6 cm³/mol. The monoisotopic (exact) mass is 202 g/mol. The molecule has 1 aromatic rings. The van der Waals surface area contributed by atoms with Gasteiger partial charge in [0.15, 0.2) is 0 Å². The first-order valence-corrected chi connectivity index (χ1v) is 3.98. The number of aliphatic hydroxyl groups excluding tert-OH is 1. The molecule has 76 valence electrons. The van der Waals surface area contributed by atoms with E-state index < -0.39 is 11.7 Å². The van der Waals surface area contributed by atoms with Crippen molar-refractivity contribution in [3.8, 4) is 0 Å². The van der Waals surface area contributed by atoms with Crippen LogP contribution in [0.3, 0.4) is 0 Å². The summed E-state index contributed by atoms with van der Waals surface area (Å²) in [5.41, 5.74) is -0.0364. The highest BCUT2D eigenvalue weighted by Crippen LogP contribution is 2.29. The lowest BCUT2D eigenvalue weighted by molar-refractivity contribution is -0.137. The number of benzene rings is 1. The SMILES string of the molecule is OC/C=C\c1ccc(C(F)(F)F)cc1. The molecule has 0 atom stereocenters. The van der Waals surface area contributed by atoms with Gasteiger partial charge in [-0.3, -0.25) is 0 Å². The van der Waals surface area contributed by atoms with Crippen molar-refractivity contribution >= 4 is 6.08 Å². The van der Waals surface area contributed by atoms with E-state index in [1.54, 1.807) is 6.08 Å². The Morgan fingerprint density at radius 3 is 2.14 bits per heavy atom. The normalized spacial score (nSPS) is 12.3. The molecule has 0 fully saturated rings. The molecule has 1 rings (SSSR count). The Bertz CT molecular complexity index is 311. The zero-order chi connectivity index (χ0) is 10.6. The highest BCUT2D eigenvalue weighted by atomic mass is 19.4. The molecule has 0 bridgehead atoms. The second-order valence-electron chi connectivity index (χ2n) is 2.70. The maximum Gasteiger partial charge on any atom is 0.416 e. The molecule has 0 radical (unpaired) electrons. The Morgan fingerprint density at radius 1 is 1.14 bits per heavy atom. The van der Waals surface area contributed by atoms with Crippen molar-refractivity contribution in [1.82, 2.24) is 0 Å². The van der Waals surface area contributed by atoms with Crippen molar-refractivity contribution in [3.63, 3.8) is 0 Å². The number of hydrogen-bond acceptors (Lipinski definition) is 1. The molecule has 4 heteroatoms. The van der Waals surface area contributed by atoms with E-state index in [1.165, 1.54) is 18.2 Å². The lowest BCUT2D eigenvalue weighted by Gasteiger charge is -2.05. The summed E-state index contributed by atoms with van der Waals surface area (Å²) in [5, 5.41) is 8.44. The molecule has 0 aliphatic carbocycles. The van der Waals surface area contributed by atoms with Crippen LogP contribution in [0.4, 0.5) is 13.2 Å². The molecule has 14 heavy (non-hydrogen) atoms. The van der Waals surface area contributed by atoms with Crippen molar-refractivity contribution in [1.29, 1.82) is 0 Å². The second-order valence-corrected chi connectivity index (χ2v) is 2.70. The minimum atomic E-state index is -4.29. The van der Waals surface area contributed by atoms with E-state index in [2.05, 4.69) is 0 Å². The molecule has 0 aliphatic heterocycles. The number of hydrogen-bond donors (Lipinski definition) is 1. The fourth-order valence-electron chi connectivity index (χ4n) is 0.972. The third kappa shape index (κ3) is 2.88. The Labute approximate surface area is 79.5 Å². The molecule has 1 aromatic carbocycles. The van der Waals surface area contributed by atoms with Gasteiger partial charge < -0.3 is 5.11 Å². The second kappa shape index (κ2) is 4.28. The maximum atomic E-state index is 12.1. The highest BCUT2D eigenvalue weighted by molar-refractivity contribution is 5.49. The zero-order valence-electron chi connectivity index (χ0n) is 7.25. The number of aliphatic hydroxyl groups is 1. The van der Waals surface area contributed by atoms with Crippen LogP contribution in [0.5, 0.6) is 0 Å². The van der Waals surface area contributed by atoms with Crippen LogP contribution in [0.2, 0.25) is 0 Å². The van der Waals surface area contributed by atoms with Crippen LogP contribution in [0, 0.1) is 0 Å². The third-order valence-electron chi connectivity index (χ3n) is 1.65. The predicted octanol–water partition coefficient (Wildman–Crippen LogP) is 2.71. The van der Waals surface area contributed by atoms with Crippen LogP contribution in [-0.4, -0.2) is 11.7 Å². The minimum Gasteiger partial charge on any atom is -0.392 e.